The molecular weight excluding hydrogens is 364 g/mol. The Morgan fingerprint density at radius 2 is 2.00 bits per heavy atom. The van der Waals surface area contributed by atoms with E-state index in [0.717, 1.165) is 6.42 Å². The first kappa shape index (κ1) is 19.3. The first-order valence-corrected chi connectivity index (χ1v) is 9.79. The van der Waals surface area contributed by atoms with Crippen LogP contribution in [-0.2, 0) is 20.7 Å². The molecule has 1 aliphatic heterocycles. The van der Waals surface area contributed by atoms with Gasteiger partial charge in [0.15, 0.2) is 0 Å². The Labute approximate surface area is 162 Å². The van der Waals surface area contributed by atoms with E-state index in [9.17, 15) is 14.4 Å². The Hall–Kier alpha value is -2.51. The predicted octanol–water partition coefficient (Wildman–Crippen LogP) is 2.70. The van der Waals surface area contributed by atoms with Crippen molar-refractivity contribution in [3.05, 3.63) is 51.7 Å². The number of benzene rings is 1. The van der Waals surface area contributed by atoms with Gasteiger partial charge in [0.05, 0.1) is 30.3 Å². The molecule has 1 unspecified atom stereocenters. The smallest absolute Gasteiger partial charge is 0.338 e. The van der Waals surface area contributed by atoms with Crippen molar-refractivity contribution in [1.29, 1.82) is 0 Å². The van der Waals surface area contributed by atoms with Gasteiger partial charge in [0.2, 0.25) is 5.91 Å². The Bertz CT molecular complexity index is 844. The summed E-state index contributed by atoms with van der Waals surface area (Å²) >= 11 is 1.70. The fourth-order valence-electron chi connectivity index (χ4n) is 3.04. The average Bonchev–Trinajstić information content (AvgIpc) is 3.18. The van der Waals surface area contributed by atoms with Crippen LogP contribution in [0, 0.1) is 6.92 Å². The molecule has 1 aromatic heterocycles. The zero-order valence-electron chi connectivity index (χ0n) is 15.4. The van der Waals surface area contributed by atoms with Crippen LogP contribution < -0.4 is 10.2 Å². The highest BCUT2D eigenvalue weighted by atomic mass is 32.1. The van der Waals surface area contributed by atoms with E-state index < -0.39 is 12.0 Å². The third-order valence-corrected chi connectivity index (χ3v) is 5.58. The van der Waals surface area contributed by atoms with Gasteiger partial charge in [0.1, 0.15) is 0 Å². The maximum absolute atomic E-state index is 12.7. The highest BCUT2D eigenvalue weighted by Crippen LogP contribution is 2.24. The minimum atomic E-state index is -0.512. The summed E-state index contributed by atoms with van der Waals surface area (Å²) < 4.78 is 4.94. The zero-order valence-corrected chi connectivity index (χ0v) is 16.2. The van der Waals surface area contributed by atoms with E-state index in [1.54, 1.807) is 42.5 Å². The van der Waals surface area contributed by atoms with Gasteiger partial charge in [-0.05, 0) is 61.5 Å². The van der Waals surface area contributed by atoms with Crippen LogP contribution in [0.4, 0.5) is 5.69 Å². The van der Waals surface area contributed by atoms with Crippen LogP contribution in [0.1, 0.15) is 34.1 Å². The van der Waals surface area contributed by atoms with E-state index in [1.807, 2.05) is 0 Å². The van der Waals surface area contributed by atoms with Gasteiger partial charge in [-0.1, -0.05) is 0 Å². The van der Waals surface area contributed by atoms with E-state index >= 15 is 0 Å². The van der Waals surface area contributed by atoms with Gasteiger partial charge in [-0.3, -0.25) is 9.59 Å². The normalized spacial score (nSPS) is 16.8. The Kier molecular flexibility index (Phi) is 6.03. The number of imide groups is 1. The fraction of sp³-hybridized carbons (Fsp3) is 0.350. The summed E-state index contributed by atoms with van der Waals surface area (Å²) in [4.78, 5) is 39.2. The first-order chi connectivity index (χ1) is 13.0. The summed E-state index contributed by atoms with van der Waals surface area (Å²) in [7, 11) is 0. The second-order valence-corrected chi connectivity index (χ2v) is 7.32. The highest BCUT2D eigenvalue weighted by molar-refractivity contribution is 7.10. The third-order valence-electron chi connectivity index (χ3n) is 4.49. The number of carbonyl (C=O) groups is 3. The highest BCUT2D eigenvalue weighted by Gasteiger charge is 2.39. The molecule has 1 N–H and O–H groups in total. The van der Waals surface area contributed by atoms with Crippen LogP contribution in [-0.4, -0.2) is 37.0 Å². The standard InChI is InChI=1S/C20H22N2O4S/c1-3-26-20(25)14-4-6-15(7-5-14)22-18(23)12-16(19(22)24)21-10-8-17-13(2)9-11-27-17/h4-7,9,11,16,21H,3,8,10,12H2,1-2H3. The van der Waals surface area contributed by atoms with E-state index in [2.05, 4.69) is 23.7 Å². The second-order valence-electron chi connectivity index (χ2n) is 6.32. The second kappa shape index (κ2) is 8.45. The molecule has 0 saturated carbocycles. The maximum atomic E-state index is 12.7. The average molecular weight is 386 g/mol. The van der Waals surface area contributed by atoms with E-state index in [0.29, 0.717) is 24.4 Å². The van der Waals surface area contributed by atoms with Crippen LogP contribution in [0.5, 0.6) is 0 Å². The van der Waals surface area contributed by atoms with Crippen LogP contribution in [0.25, 0.3) is 0 Å². The topological polar surface area (TPSA) is 75.7 Å². The molecule has 27 heavy (non-hydrogen) atoms. The molecule has 2 heterocycles. The molecule has 2 aromatic rings. The van der Waals surface area contributed by atoms with Crippen molar-refractivity contribution < 1.29 is 19.1 Å². The molecule has 0 spiro atoms. The van der Waals surface area contributed by atoms with Gasteiger partial charge >= 0.3 is 5.97 Å². The minimum absolute atomic E-state index is 0.141. The Balaban J connectivity index is 1.62. The SMILES string of the molecule is CCOC(=O)c1ccc(N2C(=O)CC(NCCc3sccc3C)C2=O)cc1. The number of aryl methyl sites for hydroxylation is 1. The van der Waals surface area contributed by atoms with Gasteiger partial charge in [0, 0.05) is 11.4 Å². The quantitative estimate of drug-likeness (QED) is 0.585. The van der Waals surface area contributed by atoms with Crippen LogP contribution in [0.2, 0.25) is 0 Å². The van der Waals surface area contributed by atoms with Crippen molar-refractivity contribution in [1.82, 2.24) is 5.32 Å². The van der Waals surface area contributed by atoms with Crippen molar-refractivity contribution in [3.63, 3.8) is 0 Å². The zero-order chi connectivity index (χ0) is 19.4. The summed E-state index contributed by atoms with van der Waals surface area (Å²) in [5.41, 5.74) is 2.11. The lowest BCUT2D eigenvalue weighted by atomic mass is 10.2. The van der Waals surface area contributed by atoms with Crippen LogP contribution in [0.15, 0.2) is 35.7 Å². The van der Waals surface area contributed by atoms with Gasteiger partial charge < -0.3 is 10.1 Å². The molecule has 1 saturated heterocycles. The lowest BCUT2D eigenvalue weighted by molar-refractivity contribution is -0.121. The summed E-state index contributed by atoms with van der Waals surface area (Å²) in [5, 5.41) is 5.25. The van der Waals surface area contributed by atoms with Crippen molar-refractivity contribution in [2.45, 2.75) is 32.7 Å². The van der Waals surface area contributed by atoms with E-state index in [-0.39, 0.29) is 18.2 Å². The summed E-state index contributed by atoms with van der Waals surface area (Å²) in [6.07, 6.45) is 0.970. The summed E-state index contributed by atoms with van der Waals surface area (Å²) in [5.74, 6) is -0.924. The molecule has 1 atom stereocenters. The molecular formula is C20H22N2O4S. The number of anilines is 1. The summed E-state index contributed by atoms with van der Waals surface area (Å²) in [6, 6.07) is 7.88. The molecule has 3 rings (SSSR count). The van der Waals surface area contributed by atoms with E-state index in [4.69, 9.17) is 4.74 Å². The number of carbonyl (C=O) groups excluding carboxylic acids is 3. The number of nitrogens with zero attached hydrogens (tertiary/aromatic N) is 1. The molecule has 6 nitrogen and oxygen atoms in total. The molecule has 1 aliphatic rings. The number of hydrogen-bond donors (Lipinski definition) is 1. The molecule has 1 aromatic carbocycles. The van der Waals surface area contributed by atoms with Gasteiger partial charge in [0.25, 0.3) is 5.91 Å². The number of rotatable bonds is 7. The summed E-state index contributed by atoms with van der Waals surface area (Å²) in [6.45, 7) is 4.74. The van der Waals surface area contributed by atoms with Gasteiger partial charge in [-0.2, -0.15) is 0 Å². The van der Waals surface area contributed by atoms with Crippen molar-refractivity contribution in [3.8, 4) is 0 Å². The first-order valence-electron chi connectivity index (χ1n) is 8.91. The Morgan fingerprint density at radius 3 is 2.63 bits per heavy atom. The number of amides is 2. The fourth-order valence-corrected chi connectivity index (χ4v) is 3.95. The van der Waals surface area contributed by atoms with Crippen molar-refractivity contribution in [2.24, 2.45) is 0 Å². The van der Waals surface area contributed by atoms with Crippen LogP contribution >= 0.6 is 11.3 Å². The molecule has 0 aliphatic carbocycles. The largest absolute Gasteiger partial charge is 0.462 e. The number of nitrogens with one attached hydrogen (secondary N) is 1. The lowest BCUT2D eigenvalue weighted by Gasteiger charge is -2.16. The molecule has 7 heteroatoms. The van der Waals surface area contributed by atoms with E-state index in [1.165, 1.54) is 15.3 Å². The van der Waals surface area contributed by atoms with Gasteiger partial charge in [-0.25, -0.2) is 9.69 Å². The van der Waals surface area contributed by atoms with Crippen molar-refractivity contribution in [2.75, 3.05) is 18.1 Å². The van der Waals surface area contributed by atoms with Crippen molar-refractivity contribution >= 4 is 34.8 Å². The minimum Gasteiger partial charge on any atom is -0.462 e. The Morgan fingerprint density at radius 1 is 1.26 bits per heavy atom. The maximum Gasteiger partial charge on any atom is 0.338 e. The molecule has 1 fully saturated rings. The number of ether oxygens (including phenoxy) is 1. The molecule has 0 bridgehead atoms. The van der Waals surface area contributed by atoms with Crippen LogP contribution in [0.3, 0.4) is 0 Å². The number of thiophene rings is 1. The number of esters is 1. The molecule has 2 amide bonds. The molecule has 0 radical (unpaired) electrons. The monoisotopic (exact) mass is 386 g/mol. The van der Waals surface area contributed by atoms with Gasteiger partial charge in [-0.15, -0.1) is 11.3 Å². The number of hydrogen-bond acceptors (Lipinski definition) is 6. The predicted molar refractivity (Wildman–Crippen MR) is 104 cm³/mol. The third kappa shape index (κ3) is 4.26. The molecule has 142 valence electrons. The lowest BCUT2D eigenvalue weighted by Crippen LogP contribution is -2.39.